The third kappa shape index (κ3) is 4.84. The molecule has 0 aliphatic heterocycles. The van der Waals surface area contributed by atoms with E-state index in [2.05, 4.69) is 0 Å². The third-order valence-electron chi connectivity index (χ3n) is 4.19. The zero-order chi connectivity index (χ0) is 20.0. The Balaban J connectivity index is 2.39. The van der Waals surface area contributed by atoms with Crippen molar-refractivity contribution >= 4 is 17.7 Å². The van der Waals surface area contributed by atoms with Gasteiger partial charge >= 0.3 is 5.97 Å². The van der Waals surface area contributed by atoms with Gasteiger partial charge in [0.2, 0.25) is 11.7 Å². The maximum absolute atomic E-state index is 12.5. The molecule has 0 aliphatic carbocycles. The maximum Gasteiger partial charge on any atom is 0.372 e. The van der Waals surface area contributed by atoms with Crippen LogP contribution in [0.4, 0.5) is 0 Å². The topological polar surface area (TPSA) is 93.1 Å². The van der Waals surface area contributed by atoms with Gasteiger partial charge in [-0.1, -0.05) is 24.3 Å². The van der Waals surface area contributed by atoms with E-state index in [-0.39, 0.29) is 0 Å². The number of ketones is 1. The summed E-state index contributed by atoms with van der Waals surface area (Å²) in [5.74, 6) is -2.01. The van der Waals surface area contributed by atoms with E-state index in [9.17, 15) is 14.4 Å². The van der Waals surface area contributed by atoms with E-state index < -0.39 is 30.1 Å². The molecule has 1 N–H and O–H groups in total. The second-order valence-corrected chi connectivity index (χ2v) is 5.86. The Labute approximate surface area is 157 Å². The molecule has 1 amide bonds. The summed E-state index contributed by atoms with van der Waals surface area (Å²) < 4.78 is 10.3. The molecule has 142 valence electrons. The maximum atomic E-state index is 12.5. The zero-order valence-electron chi connectivity index (χ0n) is 15.3. The minimum absolute atomic E-state index is 0.504. The quantitative estimate of drug-likeness (QED) is 0.565. The van der Waals surface area contributed by atoms with E-state index in [1.54, 1.807) is 38.5 Å². The number of carbonyl (C=O) groups is 3. The van der Waals surface area contributed by atoms with Gasteiger partial charge in [0.1, 0.15) is 11.5 Å². The van der Waals surface area contributed by atoms with Crippen LogP contribution in [-0.4, -0.2) is 48.9 Å². The monoisotopic (exact) mass is 371 g/mol. The van der Waals surface area contributed by atoms with Gasteiger partial charge in [-0.05, 0) is 35.4 Å². The number of methoxy groups -OCH3 is 2. The fraction of sp³-hybridized carbons (Fsp3) is 0.250. The van der Waals surface area contributed by atoms with Crippen LogP contribution in [-0.2, 0) is 14.4 Å². The summed E-state index contributed by atoms with van der Waals surface area (Å²) in [5, 5.41) is 8.75. The summed E-state index contributed by atoms with van der Waals surface area (Å²) in [4.78, 5) is 36.1. The average Bonchev–Trinajstić information content (AvgIpc) is 2.68. The minimum atomic E-state index is -1.62. The van der Waals surface area contributed by atoms with Crippen LogP contribution in [0.5, 0.6) is 11.5 Å². The second kappa shape index (κ2) is 8.84. The van der Waals surface area contributed by atoms with Gasteiger partial charge in [-0.15, -0.1) is 0 Å². The Morgan fingerprint density at radius 1 is 0.889 bits per heavy atom. The van der Waals surface area contributed by atoms with E-state index in [1.807, 2.05) is 24.3 Å². The Morgan fingerprint density at radius 3 is 1.63 bits per heavy atom. The van der Waals surface area contributed by atoms with Gasteiger partial charge in [-0.25, -0.2) is 4.79 Å². The smallest absolute Gasteiger partial charge is 0.372 e. The number of aliphatic carboxylic acids is 1. The molecule has 0 atom stereocenters. The summed E-state index contributed by atoms with van der Waals surface area (Å²) >= 11 is 0. The number of hydrogen-bond acceptors (Lipinski definition) is 5. The van der Waals surface area contributed by atoms with Gasteiger partial charge in [0.05, 0.1) is 26.7 Å². The number of rotatable bonds is 8. The van der Waals surface area contributed by atoms with Crippen molar-refractivity contribution in [2.24, 2.45) is 0 Å². The number of benzene rings is 2. The van der Waals surface area contributed by atoms with Gasteiger partial charge in [-0.2, -0.15) is 0 Å². The lowest BCUT2D eigenvalue weighted by molar-refractivity contribution is -0.151. The van der Waals surface area contributed by atoms with Crippen LogP contribution in [0.25, 0.3) is 0 Å². The predicted octanol–water partition coefficient (Wildman–Crippen LogP) is 2.30. The molecular formula is C20H21NO6. The van der Waals surface area contributed by atoms with Crippen LogP contribution in [0, 0.1) is 0 Å². The molecule has 0 spiro atoms. The number of nitrogens with zero attached hydrogens (tertiary/aromatic N) is 1. The first kappa shape index (κ1) is 20.0. The van der Waals surface area contributed by atoms with Gasteiger partial charge in [0.15, 0.2) is 0 Å². The van der Waals surface area contributed by atoms with Crippen molar-refractivity contribution in [1.29, 1.82) is 0 Å². The highest BCUT2D eigenvalue weighted by molar-refractivity contribution is 6.36. The molecule has 0 fully saturated rings. The first-order valence-corrected chi connectivity index (χ1v) is 8.17. The number of amides is 1. The van der Waals surface area contributed by atoms with Crippen molar-refractivity contribution in [1.82, 2.24) is 4.90 Å². The molecule has 0 unspecified atom stereocenters. The largest absolute Gasteiger partial charge is 0.497 e. The molecule has 0 saturated carbocycles. The summed E-state index contributed by atoms with van der Waals surface area (Å²) in [7, 11) is 4.66. The molecule has 0 saturated heterocycles. The van der Waals surface area contributed by atoms with E-state index in [0.29, 0.717) is 11.5 Å². The molecule has 2 aromatic carbocycles. The lowest BCUT2D eigenvalue weighted by Crippen LogP contribution is -2.34. The van der Waals surface area contributed by atoms with Crippen molar-refractivity contribution in [2.75, 3.05) is 21.3 Å². The molecule has 0 aromatic heterocycles. The summed E-state index contributed by atoms with van der Waals surface area (Å²) in [6, 6.07) is 13.8. The number of carboxylic acids is 1. The lowest BCUT2D eigenvalue weighted by atomic mass is 9.96. The van der Waals surface area contributed by atoms with Crippen LogP contribution in [0.1, 0.15) is 23.6 Å². The summed E-state index contributed by atoms with van der Waals surface area (Å²) in [5.41, 5.74) is 1.58. The molecule has 0 heterocycles. The molecule has 0 bridgehead atoms. The zero-order valence-corrected chi connectivity index (χ0v) is 15.3. The van der Waals surface area contributed by atoms with Crippen LogP contribution in [0.15, 0.2) is 48.5 Å². The Kier molecular flexibility index (Phi) is 6.54. The fourth-order valence-electron chi connectivity index (χ4n) is 2.69. The van der Waals surface area contributed by atoms with Gasteiger partial charge in [0.25, 0.3) is 0 Å². The predicted molar refractivity (Wildman–Crippen MR) is 97.9 cm³/mol. The molecule has 2 aromatic rings. The SMILES string of the molecule is COc1ccc(C(c2ccc(OC)cc2)N(C)C(=O)CC(=O)C(=O)O)cc1. The van der Waals surface area contributed by atoms with E-state index in [1.165, 1.54) is 11.9 Å². The second-order valence-electron chi connectivity index (χ2n) is 5.86. The standard InChI is InChI=1S/C20H21NO6/c1-21(18(23)12-17(22)20(24)25)19(13-4-8-15(26-2)9-5-13)14-6-10-16(27-3)11-7-14/h4-11,19H,12H2,1-3H3,(H,24,25). The number of hydrogen-bond donors (Lipinski definition) is 1. The first-order chi connectivity index (χ1) is 12.9. The van der Waals surface area contributed by atoms with Gasteiger partial charge in [0, 0.05) is 7.05 Å². The van der Waals surface area contributed by atoms with Gasteiger partial charge in [-0.3, -0.25) is 9.59 Å². The number of carboxylic acid groups (broad SMARTS) is 1. The lowest BCUT2D eigenvalue weighted by Gasteiger charge is -2.29. The number of ether oxygens (including phenoxy) is 2. The summed E-state index contributed by atoms with van der Waals surface area (Å²) in [6.07, 6.45) is -0.700. The fourth-order valence-corrected chi connectivity index (χ4v) is 2.69. The Hall–Kier alpha value is -3.35. The molecular weight excluding hydrogens is 350 g/mol. The molecule has 7 nitrogen and oxygen atoms in total. The highest BCUT2D eigenvalue weighted by Gasteiger charge is 2.27. The molecule has 0 radical (unpaired) electrons. The van der Waals surface area contributed by atoms with Crippen molar-refractivity contribution in [3.63, 3.8) is 0 Å². The normalized spacial score (nSPS) is 10.4. The highest BCUT2D eigenvalue weighted by Crippen LogP contribution is 2.30. The van der Waals surface area contributed by atoms with E-state index in [0.717, 1.165) is 11.1 Å². The van der Waals surface area contributed by atoms with Crippen molar-refractivity contribution < 1.29 is 29.0 Å². The molecule has 0 aliphatic rings. The Bertz CT molecular complexity index is 766. The molecule has 7 heteroatoms. The average molecular weight is 371 g/mol. The summed E-state index contributed by atoms with van der Waals surface area (Å²) in [6.45, 7) is 0. The van der Waals surface area contributed by atoms with E-state index >= 15 is 0 Å². The third-order valence-corrected chi connectivity index (χ3v) is 4.19. The Morgan fingerprint density at radius 2 is 1.30 bits per heavy atom. The van der Waals surface area contributed by atoms with Crippen LogP contribution in [0.3, 0.4) is 0 Å². The number of Topliss-reactive ketones (excluding diaryl/α,β-unsaturated/α-hetero) is 1. The van der Waals surface area contributed by atoms with E-state index in [4.69, 9.17) is 14.6 Å². The van der Waals surface area contributed by atoms with Crippen LogP contribution in [0.2, 0.25) is 0 Å². The first-order valence-electron chi connectivity index (χ1n) is 8.17. The van der Waals surface area contributed by atoms with Crippen LogP contribution < -0.4 is 9.47 Å². The van der Waals surface area contributed by atoms with Crippen molar-refractivity contribution in [2.45, 2.75) is 12.5 Å². The molecule has 2 rings (SSSR count). The number of carbonyl (C=O) groups excluding carboxylic acids is 2. The van der Waals surface area contributed by atoms with Gasteiger partial charge < -0.3 is 19.5 Å². The highest BCUT2D eigenvalue weighted by atomic mass is 16.5. The minimum Gasteiger partial charge on any atom is -0.497 e. The van der Waals surface area contributed by atoms with Crippen LogP contribution >= 0.6 is 0 Å². The molecule has 27 heavy (non-hydrogen) atoms. The van der Waals surface area contributed by atoms with Crippen molar-refractivity contribution in [3.05, 3.63) is 59.7 Å². The van der Waals surface area contributed by atoms with Crippen molar-refractivity contribution in [3.8, 4) is 11.5 Å².